The number of amides is 1. The van der Waals surface area contributed by atoms with Crippen molar-refractivity contribution in [1.82, 2.24) is 0 Å². The van der Waals surface area contributed by atoms with E-state index < -0.39 is 11.0 Å². The number of nitrogens with one attached hydrogen (secondary N) is 1. The second-order valence-electron chi connectivity index (χ2n) is 7.48. The molecule has 0 fully saturated rings. The van der Waals surface area contributed by atoms with E-state index in [2.05, 4.69) is 50.4 Å². The van der Waals surface area contributed by atoms with Crippen LogP contribution in [0.25, 0.3) is 0 Å². The molecule has 0 aliphatic heterocycles. The quantitative estimate of drug-likeness (QED) is 0.497. The van der Waals surface area contributed by atoms with Gasteiger partial charge in [0.25, 0.3) is 11.6 Å². The number of anilines is 1. The summed E-state index contributed by atoms with van der Waals surface area (Å²) in [5, 5.41) is 15.8. The number of ether oxygens (including phenoxy) is 1. The number of hydrogen-bond acceptors (Lipinski definition) is 4. The maximum absolute atomic E-state index is 12.8. The Morgan fingerprint density at radius 2 is 1.83 bits per heavy atom. The van der Waals surface area contributed by atoms with E-state index >= 15 is 0 Å². The van der Waals surface area contributed by atoms with Gasteiger partial charge in [0.15, 0.2) is 6.04 Å². The summed E-state index contributed by atoms with van der Waals surface area (Å²) < 4.78 is 5.22. The highest BCUT2D eigenvalue weighted by atomic mass is 16.6. The van der Waals surface area contributed by atoms with E-state index in [1.165, 1.54) is 36.4 Å². The second kappa shape index (κ2) is 10.0. The van der Waals surface area contributed by atoms with E-state index in [-0.39, 0.29) is 17.6 Å². The van der Waals surface area contributed by atoms with Gasteiger partial charge in [0.2, 0.25) is 0 Å². The number of rotatable bonds is 9. The zero-order valence-electron chi connectivity index (χ0n) is 17.6. The number of nitrogens with zero attached hydrogens (tertiary/aromatic N) is 1. The summed E-state index contributed by atoms with van der Waals surface area (Å²) in [7, 11) is 1.46. The lowest BCUT2D eigenvalue weighted by Gasteiger charge is -2.23. The molecular formula is C22H30N3O4+. The minimum Gasteiger partial charge on any atom is -0.495 e. The highest BCUT2D eigenvalue weighted by Gasteiger charge is 2.26. The van der Waals surface area contributed by atoms with E-state index in [0.717, 1.165) is 6.42 Å². The summed E-state index contributed by atoms with van der Waals surface area (Å²) in [6.07, 6.45) is 0.986. The Hall–Kier alpha value is -2.93. The van der Waals surface area contributed by atoms with E-state index in [1.54, 1.807) is 0 Å². The van der Waals surface area contributed by atoms with Crippen LogP contribution in [0.15, 0.2) is 42.5 Å². The Balaban J connectivity index is 2.16. The van der Waals surface area contributed by atoms with E-state index in [0.29, 0.717) is 17.4 Å². The Labute approximate surface area is 171 Å². The van der Waals surface area contributed by atoms with Gasteiger partial charge < -0.3 is 15.4 Å². The number of non-ortho nitro benzene ring substituents is 1. The summed E-state index contributed by atoms with van der Waals surface area (Å²) in [5.74, 6) is 0.469. The molecule has 3 N–H and O–H groups in total. The normalized spacial score (nSPS) is 13.0. The van der Waals surface area contributed by atoms with Gasteiger partial charge >= 0.3 is 0 Å². The lowest BCUT2D eigenvalue weighted by atomic mass is 9.94. The van der Waals surface area contributed by atoms with Crippen molar-refractivity contribution in [3.63, 3.8) is 0 Å². The van der Waals surface area contributed by atoms with Crippen molar-refractivity contribution in [3.05, 3.63) is 63.7 Å². The second-order valence-corrected chi connectivity index (χ2v) is 7.48. The van der Waals surface area contributed by atoms with E-state index in [4.69, 9.17) is 4.74 Å². The molecule has 156 valence electrons. The standard InChI is InChI=1S/C22H29N3O4/c1-6-16-7-9-17(10-8-16)21(14(2)3)23-15(4)22(26)24-19-13-18(25(27)28)11-12-20(19)29-5/h7-15,21,23H,6H2,1-5H3,(H,24,26)/p+1/t15-,21-/m0/s1. The highest BCUT2D eigenvalue weighted by molar-refractivity contribution is 5.95. The average molecular weight is 400 g/mol. The number of nitro groups is 1. The Kier molecular flexibility index (Phi) is 7.73. The molecule has 0 saturated carbocycles. The third-order valence-corrected chi connectivity index (χ3v) is 5.05. The maximum atomic E-state index is 12.8. The van der Waals surface area contributed by atoms with Crippen LogP contribution in [0.4, 0.5) is 11.4 Å². The lowest BCUT2D eigenvalue weighted by molar-refractivity contribution is -0.718. The Morgan fingerprint density at radius 1 is 1.17 bits per heavy atom. The summed E-state index contributed by atoms with van der Waals surface area (Å²) >= 11 is 0. The molecule has 2 rings (SSSR count). The summed E-state index contributed by atoms with van der Waals surface area (Å²) in [6.45, 7) is 8.21. The molecule has 0 saturated heterocycles. The molecule has 0 unspecified atom stereocenters. The van der Waals surface area contributed by atoms with Crippen LogP contribution in [0.3, 0.4) is 0 Å². The first-order valence-corrected chi connectivity index (χ1v) is 9.83. The van der Waals surface area contributed by atoms with Gasteiger partial charge in [-0.05, 0) is 25.0 Å². The van der Waals surface area contributed by atoms with Crippen LogP contribution in [0.5, 0.6) is 5.75 Å². The first-order valence-electron chi connectivity index (χ1n) is 9.83. The van der Waals surface area contributed by atoms with Gasteiger partial charge in [-0.3, -0.25) is 14.9 Å². The number of carbonyl (C=O) groups is 1. The van der Waals surface area contributed by atoms with Gasteiger partial charge in [-0.15, -0.1) is 0 Å². The van der Waals surface area contributed by atoms with Crippen LogP contribution in [0.1, 0.15) is 44.9 Å². The molecular weight excluding hydrogens is 370 g/mol. The lowest BCUT2D eigenvalue weighted by Crippen LogP contribution is -2.93. The Bertz CT molecular complexity index is 850. The molecule has 0 aliphatic rings. The fourth-order valence-corrected chi connectivity index (χ4v) is 3.25. The summed E-state index contributed by atoms with van der Waals surface area (Å²) in [5.41, 5.74) is 2.64. The van der Waals surface area contributed by atoms with Gasteiger partial charge in [-0.1, -0.05) is 45.0 Å². The Morgan fingerprint density at radius 3 is 2.34 bits per heavy atom. The number of aryl methyl sites for hydroxylation is 1. The zero-order valence-corrected chi connectivity index (χ0v) is 17.6. The summed E-state index contributed by atoms with van der Waals surface area (Å²) in [4.78, 5) is 23.3. The predicted octanol–water partition coefficient (Wildman–Crippen LogP) is 3.45. The van der Waals surface area contributed by atoms with Crippen LogP contribution in [0, 0.1) is 16.0 Å². The van der Waals surface area contributed by atoms with Gasteiger partial charge in [0.1, 0.15) is 11.8 Å². The van der Waals surface area contributed by atoms with Crippen LogP contribution in [-0.4, -0.2) is 24.0 Å². The molecule has 7 heteroatoms. The average Bonchev–Trinajstić information content (AvgIpc) is 2.71. The monoisotopic (exact) mass is 400 g/mol. The van der Waals surface area contributed by atoms with Crippen molar-refractivity contribution in [3.8, 4) is 5.75 Å². The molecule has 0 heterocycles. The molecule has 1 amide bonds. The van der Waals surface area contributed by atoms with E-state index in [9.17, 15) is 14.9 Å². The first kappa shape index (κ1) is 22.4. The molecule has 0 spiro atoms. The van der Waals surface area contributed by atoms with Crippen LogP contribution in [-0.2, 0) is 11.2 Å². The van der Waals surface area contributed by atoms with Crippen molar-refractivity contribution in [2.24, 2.45) is 5.92 Å². The number of benzene rings is 2. The van der Waals surface area contributed by atoms with Crippen molar-refractivity contribution in [1.29, 1.82) is 0 Å². The number of nitro benzene ring substituents is 1. The van der Waals surface area contributed by atoms with Crippen LogP contribution >= 0.6 is 0 Å². The molecule has 0 radical (unpaired) electrons. The largest absolute Gasteiger partial charge is 0.495 e. The molecule has 0 bridgehead atoms. The molecule has 7 nitrogen and oxygen atoms in total. The van der Waals surface area contributed by atoms with Crippen molar-refractivity contribution >= 4 is 17.3 Å². The van der Waals surface area contributed by atoms with Crippen LogP contribution in [0.2, 0.25) is 0 Å². The third-order valence-electron chi connectivity index (χ3n) is 5.05. The third kappa shape index (κ3) is 5.77. The van der Waals surface area contributed by atoms with E-state index in [1.807, 2.05) is 12.2 Å². The predicted molar refractivity (Wildman–Crippen MR) is 113 cm³/mol. The first-order chi connectivity index (χ1) is 13.8. The van der Waals surface area contributed by atoms with Crippen LogP contribution < -0.4 is 15.4 Å². The van der Waals surface area contributed by atoms with Crippen molar-refractivity contribution in [2.45, 2.75) is 46.2 Å². The van der Waals surface area contributed by atoms with Crippen molar-refractivity contribution in [2.75, 3.05) is 12.4 Å². The zero-order chi connectivity index (χ0) is 21.6. The minimum absolute atomic E-state index is 0.103. The van der Waals surface area contributed by atoms with Gasteiger partial charge in [0, 0.05) is 23.6 Å². The molecule has 0 aliphatic carbocycles. The number of carbonyl (C=O) groups excluding carboxylic acids is 1. The number of methoxy groups -OCH3 is 1. The molecule has 2 atom stereocenters. The number of hydrogen-bond donors (Lipinski definition) is 2. The van der Waals surface area contributed by atoms with Crippen molar-refractivity contribution < 1.29 is 19.8 Å². The van der Waals surface area contributed by atoms with Gasteiger partial charge in [-0.25, -0.2) is 0 Å². The summed E-state index contributed by atoms with van der Waals surface area (Å²) in [6, 6.07) is 12.3. The SMILES string of the molecule is CCc1ccc([C@@H]([NH2+][C@@H](C)C(=O)Nc2cc([N+](=O)[O-])ccc2OC)C(C)C)cc1. The topological polar surface area (TPSA) is 98.1 Å². The molecule has 2 aromatic rings. The molecule has 2 aromatic carbocycles. The fourth-order valence-electron chi connectivity index (χ4n) is 3.25. The van der Waals surface area contributed by atoms with Gasteiger partial charge in [-0.2, -0.15) is 0 Å². The molecule has 0 aromatic heterocycles. The highest BCUT2D eigenvalue weighted by Crippen LogP contribution is 2.29. The van der Waals surface area contributed by atoms with Gasteiger partial charge in [0.05, 0.1) is 17.7 Å². The number of nitrogens with two attached hydrogens (primary N) is 1. The number of quaternary nitrogens is 1. The smallest absolute Gasteiger partial charge is 0.282 e. The molecule has 29 heavy (non-hydrogen) atoms. The maximum Gasteiger partial charge on any atom is 0.282 e. The minimum atomic E-state index is -0.501. The fraction of sp³-hybridized carbons (Fsp3) is 0.409.